The van der Waals surface area contributed by atoms with E-state index in [0.717, 1.165) is 10.7 Å². The molecular weight excluding hydrogens is 362 g/mol. The number of imide groups is 2. The number of benzene rings is 1. The first-order valence-electron chi connectivity index (χ1n) is 8.96. The lowest BCUT2D eigenvalue weighted by molar-refractivity contribution is -0.140. The Balaban J connectivity index is 1.65. The molecular formula is C20H19N3O5. The zero-order valence-electron chi connectivity index (χ0n) is 15.5. The van der Waals surface area contributed by atoms with Crippen LogP contribution in [0.5, 0.6) is 0 Å². The molecule has 144 valence electrons. The number of anilines is 1. The summed E-state index contributed by atoms with van der Waals surface area (Å²) in [6.07, 6.45) is 0.163. The molecule has 2 aromatic rings. The van der Waals surface area contributed by atoms with Gasteiger partial charge in [-0.3, -0.25) is 29.4 Å². The van der Waals surface area contributed by atoms with Crippen LogP contribution in [0.1, 0.15) is 52.0 Å². The quantitative estimate of drug-likeness (QED) is 0.784. The van der Waals surface area contributed by atoms with Crippen molar-refractivity contribution in [3.63, 3.8) is 0 Å². The molecule has 2 aliphatic heterocycles. The lowest BCUT2D eigenvalue weighted by Gasteiger charge is -2.38. The van der Waals surface area contributed by atoms with E-state index in [-0.39, 0.29) is 24.0 Å². The van der Waals surface area contributed by atoms with Gasteiger partial charge >= 0.3 is 0 Å². The molecule has 0 spiro atoms. The summed E-state index contributed by atoms with van der Waals surface area (Å²) < 4.78 is 5.52. The number of fused-ring (bicyclic) bond motifs is 1. The summed E-state index contributed by atoms with van der Waals surface area (Å²) in [6, 6.07) is 8.61. The molecule has 3 heterocycles. The third-order valence-electron chi connectivity index (χ3n) is 5.24. The molecule has 28 heavy (non-hydrogen) atoms. The van der Waals surface area contributed by atoms with Crippen LogP contribution in [0.4, 0.5) is 5.69 Å². The zero-order chi connectivity index (χ0) is 20.1. The first-order chi connectivity index (χ1) is 13.3. The minimum absolute atomic E-state index is 0.0681. The van der Waals surface area contributed by atoms with Crippen LogP contribution in [0.15, 0.2) is 34.7 Å². The highest BCUT2D eigenvalue weighted by Gasteiger charge is 2.53. The first kappa shape index (κ1) is 18.0. The topological polar surface area (TPSA) is 109 Å². The minimum atomic E-state index is -1.41. The Morgan fingerprint density at radius 3 is 2.61 bits per heavy atom. The van der Waals surface area contributed by atoms with E-state index >= 15 is 0 Å². The number of nitrogens with one attached hydrogen (secondary N) is 2. The van der Waals surface area contributed by atoms with Gasteiger partial charge < -0.3 is 9.73 Å². The van der Waals surface area contributed by atoms with E-state index in [1.165, 1.54) is 6.92 Å². The van der Waals surface area contributed by atoms with E-state index in [2.05, 4.69) is 10.6 Å². The van der Waals surface area contributed by atoms with Crippen molar-refractivity contribution in [1.29, 1.82) is 0 Å². The van der Waals surface area contributed by atoms with Crippen molar-refractivity contribution < 1.29 is 23.6 Å². The Hall–Kier alpha value is -3.42. The molecule has 0 aliphatic carbocycles. The molecule has 0 radical (unpaired) electrons. The number of hydrogen-bond donors (Lipinski definition) is 2. The second-order valence-electron chi connectivity index (χ2n) is 7.19. The predicted octanol–water partition coefficient (Wildman–Crippen LogP) is 1.99. The normalized spacial score (nSPS) is 21.7. The van der Waals surface area contributed by atoms with E-state index in [4.69, 9.17) is 4.42 Å². The van der Waals surface area contributed by atoms with Crippen LogP contribution in [0, 0.1) is 6.92 Å². The molecule has 8 heteroatoms. The molecule has 1 aromatic carbocycles. The van der Waals surface area contributed by atoms with Gasteiger partial charge in [-0.2, -0.15) is 0 Å². The molecule has 8 nitrogen and oxygen atoms in total. The number of nitrogens with zero attached hydrogens (tertiary/aromatic N) is 1. The molecule has 4 rings (SSSR count). The number of amides is 4. The SMILES string of the molecule is Cc1ccc(CNc2cccc3c2C(=O)N(C2(C)CCC(=O)NC2=O)C3=O)o1. The summed E-state index contributed by atoms with van der Waals surface area (Å²) >= 11 is 0. The van der Waals surface area contributed by atoms with Crippen molar-refractivity contribution in [2.45, 2.75) is 38.8 Å². The van der Waals surface area contributed by atoms with Crippen LogP contribution in [-0.2, 0) is 16.1 Å². The number of hydrogen-bond acceptors (Lipinski definition) is 6. The Morgan fingerprint density at radius 2 is 1.93 bits per heavy atom. The second-order valence-corrected chi connectivity index (χ2v) is 7.19. The molecule has 2 aliphatic rings. The highest BCUT2D eigenvalue weighted by Crippen LogP contribution is 2.37. The van der Waals surface area contributed by atoms with Crippen LogP contribution < -0.4 is 10.6 Å². The van der Waals surface area contributed by atoms with Crippen LogP contribution in [-0.4, -0.2) is 34.1 Å². The minimum Gasteiger partial charge on any atom is -0.465 e. The summed E-state index contributed by atoms with van der Waals surface area (Å²) in [6.45, 7) is 3.69. The molecule has 1 atom stereocenters. The van der Waals surface area contributed by atoms with Crippen LogP contribution in [0.3, 0.4) is 0 Å². The average Bonchev–Trinajstić information content (AvgIpc) is 3.19. The van der Waals surface area contributed by atoms with E-state index in [1.807, 2.05) is 19.1 Å². The number of aryl methyl sites for hydroxylation is 1. The number of carbonyl (C=O) groups excluding carboxylic acids is 4. The van der Waals surface area contributed by atoms with Crippen molar-refractivity contribution in [3.8, 4) is 0 Å². The number of carbonyl (C=O) groups is 4. The van der Waals surface area contributed by atoms with E-state index in [0.29, 0.717) is 18.0 Å². The van der Waals surface area contributed by atoms with Gasteiger partial charge in [0.25, 0.3) is 17.7 Å². The summed E-state index contributed by atoms with van der Waals surface area (Å²) in [5.74, 6) is -0.664. The Labute approximate surface area is 160 Å². The van der Waals surface area contributed by atoms with Crippen molar-refractivity contribution >= 4 is 29.3 Å². The molecule has 2 N–H and O–H groups in total. The Morgan fingerprint density at radius 1 is 1.14 bits per heavy atom. The third-order valence-corrected chi connectivity index (χ3v) is 5.24. The van der Waals surface area contributed by atoms with Gasteiger partial charge in [0.05, 0.1) is 17.7 Å². The maximum absolute atomic E-state index is 13.2. The van der Waals surface area contributed by atoms with Gasteiger partial charge in [0.1, 0.15) is 17.1 Å². The maximum Gasteiger partial charge on any atom is 0.264 e. The Bertz CT molecular complexity index is 1020. The number of rotatable bonds is 4. The van der Waals surface area contributed by atoms with Crippen LogP contribution in [0.2, 0.25) is 0 Å². The van der Waals surface area contributed by atoms with Gasteiger partial charge in [-0.1, -0.05) is 6.07 Å². The second kappa shape index (κ2) is 6.33. The third kappa shape index (κ3) is 2.69. The maximum atomic E-state index is 13.2. The van der Waals surface area contributed by atoms with E-state index in [1.54, 1.807) is 18.2 Å². The van der Waals surface area contributed by atoms with Crippen LogP contribution >= 0.6 is 0 Å². The van der Waals surface area contributed by atoms with Gasteiger partial charge in [0.2, 0.25) is 5.91 Å². The number of furan rings is 1. The van der Waals surface area contributed by atoms with E-state index in [9.17, 15) is 19.2 Å². The number of piperidine rings is 1. The van der Waals surface area contributed by atoms with Gasteiger partial charge in [-0.15, -0.1) is 0 Å². The van der Waals surface area contributed by atoms with Crippen molar-refractivity contribution in [1.82, 2.24) is 10.2 Å². The molecule has 1 saturated heterocycles. The fraction of sp³-hybridized carbons (Fsp3) is 0.300. The molecule has 4 amide bonds. The molecule has 0 bridgehead atoms. The van der Waals surface area contributed by atoms with Crippen molar-refractivity contribution in [2.75, 3.05) is 5.32 Å². The molecule has 1 unspecified atom stereocenters. The van der Waals surface area contributed by atoms with Gasteiger partial charge in [0.15, 0.2) is 0 Å². The van der Waals surface area contributed by atoms with E-state index < -0.39 is 29.2 Å². The average molecular weight is 381 g/mol. The first-order valence-corrected chi connectivity index (χ1v) is 8.96. The van der Waals surface area contributed by atoms with Crippen LogP contribution in [0.25, 0.3) is 0 Å². The largest absolute Gasteiger partial charge is 0.465 e. The fourth-order valence-corrected chi connectivity index (χ4v) is 3.65. The standard InChI is InChI=1S/C20H19N3O5/c1-11-6-7-12(28-11)10-21-14-5-3-4-13-16(14)18(26)23(17(13)25)20(2)9-8-15(24)22-19(20)27/h3-7,21H,8-10H2,1-2H3,(H,22,24,27). The lowest BCUT2D eigenvalue weighted by Crippen LogP contribution is -2.62. The fourth-order valence-electron chi connectivity index (χ4n) is 3.65. The predicted molar refractivity (Wildman–Crippen MR) is 98.5 cm³/mol. The molecule has 0 saturated carbocycles. The smallest absolute Gasteiger partial charge is 0.264 e. The summed E-state index contributed by atoms with van der Waals surface area (Å²) in [5, 5.41) is 5.36. The highest BCUT2D eigenvalue weighted by molar-refractivity contribution is 6.26. The van der Waals surface area contributed by atoms with Crippen molar-refractivity contribution in [3.05, 3.63) is 53.0 Å². The lowest BCUT2D eigenvalue weighted by atomic mass is 9.89. The monoisotopic (exact) mass is 381 g/mol. The van der Waals surface area contributed by atoms with Crippen molar-refractivity contribution in [2.24, 2.45) is 0 Å². The molecule has 1 fully saturated rings. The highest BCUT2D eigenvalue weighted by atomic mass is 16.3. The van der Waals surface area contributed by atoms with Gasteiger partial charge in [0, 0.05) is 12.1 Å². The molecule has 1 aromatic heterocycles. The summed E-state index contributed by atoms with van der Waals surface area (Å²) in [4.78, 5) is 51.0. The van der Waals surface area contributed by atoms with Gasteiger partial charge in [-0.25, -0.2) is 0 Å². The summed E-state index contributed by atoms with van der Waals surface area (Å²) in [7, 11) is 0. The van der Waals surface area contributed by atoms with Gasteiger partial charge in [-0.05, 0) is 44.5 Å². The zero-order valence-corrected chi connectivity index (χ0v) is 15.5. The Kier molecular flexibility index (Phi) is 4.06. The summed E-state index contributed by atoms with van der Waals surface area (Å²) in [5.41, 5.74) is -0.460.